The van der Waals surface area contributed by atoms with Gasteiger partial charge in [-0.2, -0.15) is 0 Å². The second-order valence-electron chi connectivity index (χ2n) is 6.20. The molecule has 21 heavy (non-hydrogen) atoms. The zero-order chi connectivity index (χ0) is 15.6. The molecule has 1 saturated heterocycles. The van der Waals surface area contributed by atoms with Crippen molar-refractivity contribution in [2.45, 2.75) is 26.4 Å². The highest BCUT2D eigenvalue weighted by molar-refractivity contribution is 9.10. The van der Waals surface area contributed by atoms with Gasteiger partial charge in [0, 0.05) is 42.0 Å². The lowest BCUT2D eigenvalue weighted by Gasteiger charge is -2.36. The third-order valence-electron chi connectivity index (χ3n) is 3.20. The number of ether oxygens (including phenoxy) is 1. The molecule has 0 unspecified atom stereocenters. The molecule has 1 fully saturated rings. The van der Waals surface area contributed by atoms with Gasteiger partial charge in [0.1, 0.15) is 5.60 Å². The van der Waals surface area contributed by atoms with Crippen LogP contribution in [0.4, 0.5) is 16.2 Å². The quantitative estimate of drug-likeness (QED) is 0.786. The number of nitrogens with two attached hydrogens (primary N) is 1. The summed E-state index contributed by atoms with van der Waals surface area (Å²) in [5.74, 6) is 0. The molecule has 6 heteroatoms. The number of amides is 1. The molecule has 0 saturated carbocycles. The Balaban J connectivity index is 1.95. The normalized spacial score (nSPS) is 16.0. The van der Waals surface area contributed by atoms with Crippen molar-refractivity contribution in [1.82, 2.24) is 4.90 Å². The van der Waals surface area contributed by atoms with Crippen LogP contribution in [0, 0.1) is 0 Å². The first-order valence-electron chi connectivity index (χ1n) is 7.03. The van der Waals surface area contributed by atoms with E-state index in [2.05, 4.69) is 20.8 Å². The maximum absolute atomic E-state index is 12.0. The number of hydrogen-bond donors (Lipinski definition) is 1. The van der Waals surface area contributed by atoms with Gasteiger partial charge in [-0.1, -0.05) is 15.9 Å². The summed E-state index contributed by atoms with van der Waals surface area (Å²) < 4.78 is 6.36. The molecule has 0 aliphatic carbocycles. The van der Waals surface area contributed by atoms with E-state index in [0.29, 0.717) is 13.1 Å². The van der Waals surface area contributed by atoms with Crippen LogP contribution < -0.4 is 10.6 Å². The number of nitrogen functional groups attached to an aromatic ring is 1. The van der Waals surface area contributed by atoms with E-state index in [1.54, 1.807) is 4.90 Å². The average molecular weight is 356 g/mol. The predicted octanol–water partition coefficient (Wildman–Crippen LogP) is 3.09. The summed E-state index contributed by atoms with van der Waals surface area (Å²) in [5, 5.41) is 0. The minimum atomic E-state index is -0.451. The number of halogens is 1. The van der Waals surface area contributed by atoms with E-state index in [4.69, 9.17) is 10.5 Å². The van der Waals surface area contributed by atoms with Gasteiger partial charge in [0.2, 0.25) is 0 Å². The zero-order valence-electron chi connectivity index (χ0n) is 12.7. The third kappa shape index (κ3) is 4.52. The molecule has 1 amide bonds. The summed E-state index contributed by atoms with van der Waals surface area (Å²) in [6.07, 6.45) is -0.240. The fraction of sp³-hybridized carbons (Fsp3) is 0.533. The maximum atomic E-state index is 12.0. The van der Waals surface area contributed by atoms with Crippen molar-refractivity contribution >= 4 is 33.4 Å². The first-order valence-corrected chi connectivity index (χ1v) is 7.83. The summed E-state index contributed by atoms with van der Waals surface area (Å²) >= 11 is 3.46. The summed E-state index contributed by atoms with van der Waals surface area (Å²) in [6.45, 7) is 8.50. The van der Waals surface area contributed by atoms with E-state index >= 15 is 0 Å². The number of rotatable bonds is 1. The van der Waals surface area contributed by atoms with Gasteiger partial charge in [-0.05, 0) is 39.0 Å². The highest BCUT2D eigenvalue weighted by atomic mass is 79.9. The van der Waals surface area contributed by atoms with Crippen LogP contribution in [0.2, 0.25) is 0 Å². The van der Waals surface area contributed by atoms with Crippen LogP contribution in [0.15, 0.2) is 22.7 Å². The first-order chi connectivity index (χ1) is 9.74. The van der Waals surface area contributed by atoms with Gasteiger partial charge in [-0.25, -0.2) is 4.79 Å². The van der Waals surface area contributed by atoms with Crippen LogP contribution in [0.1, 0.15) is 20.8 Å². The Morgan fingerprint density at radius 3 is 2.33 bits per heavy atom. The Hall–Kier alpha value is -1.43. The smallest absolute Gasteiger partial charge is 0.410 e. The highest BCUT2D eigenvalue weighted by Crippen LogP contribution is 2.25. The van der Waals surface area contributed by atoms with Crippen LogP contribution in [0.25, 0.3) is 0 Å². The molecule has 1 aromatic rings. The van der Waals surface area contributed by atoms with Crippen molar-refractivity contribution < 1.29 is 9.53 Å². The van der Waals surface area contributed by atoms with Crippen molar-refractivity contribution in [2.24, 2.45) is 0 Å². The van der Waals surface area contributed by atoms with Crippen LogP contribution >= 0.6 is 15.9 Å². The molecular formula is C15H22BrN3O2. The van der Waals surface area contributed by atoms with Gasteiger partial charge in [0.15, 0.2) is 0 Å². The fourth-order valence-corrected chi connectivity index (χ4v) is 2.75. The van der Waals surface area contributed by atoms with E-state index in [1.165, 1.54) is 0 Å². The average Bonchev–Trinajstić information content (AvgIpc) is 2.35. The van der Waals surface area contributed by atoms with Crippen LogP contribution in [-0.4, -0.2) is 42.8 Å². The molecule has 1 heterocycles. The molecule has 1 aromatic carbocycles. The Morgan fingerprint density at radius 1 is 1.19 bits per heavy atom. The highest BCUT2D eigenvalue weighted by Gasteiger charge is 2.26. The lowest BCUT2D eigenvalue weighted by Crippen LogP contribution is -2.50. The molecule has 0 atom stereocenters. The second-order valence-corrected chi connectivity index (χ2v) is 7.11. The first kappa shape index (κ1) is 15.9. The Morgan fingerprint density at radius 2 is 1.81 bits per heavy atom. The molecule has 5 nitrogen and oxygen atoms in total. The van der Waals surface area contributed by atoms with Crippen molar-refractivity contribution in [3.05, 3.63) is 22.7 Å². The van der Waals surface area contributed by atoms with Gasteiger partial charge in [0.25, 0.3) is 0 Å². The van der Waals surface area contributed by atoms with Gasteiger partial charge < -0.3 is 20.3 Å². The number of piperazine rings is 1. The summed E-state index contributed by atoms with van der Waals surface area (Å²) in [7, 11) is 0. The van der Waals surface area contributed by atoms with Crippen molar-refractivity contribution in [3.8, 4) is 0 Å². The summed E-state index contributed by atoms with van der Waals surface area (Å²) in [6, 6.07) is 5.87. The monoisotopic (exact) mass is 355 g/mol. The SMILES string of the molecule is CC(C)(C)OC(=O)N1CCN(c2cc(N)cc(Br)c2)CC1. The lowest BCUT2D eigenvalue weighted by molar-refractivity contribution is 0.0240. The van der Waals surface area contributed by atoms with Crippen molar-refractivity contribution in [3.63, 3.8) is 0 Å². The zero-order valence-corrected chi connectivity index (χ0v) is 14.3. The minimum absolute atomic E-state index is 0.240. The molecule has 0 radical (unpaired) electrons. The Bertz CT molecular complexity index is 500. The van der Waals surface area contributed by atoms with Crippen molar-refractivity contribution in [2.75, 3.05) is 36.8 Å². The molecule has 1 aliphatic heterocycles. The van der Waals surface area contributed by atoms with E-state index in [1.807, 2.05) is 39.0 Å². The number of hydrogen-bond acceptors (Lipinski definition) is 4. The second kappa shape index (κ2) is 6.13. The topological polar surface area (TPSA) is 58.8 Å². The number of carbonyl (C=O) groups excluding carboxylic acids is 1. The summed E-state index contributed by atoms with van der Waals surface area (Å²) in [5.41, 5.74) is 7.22. The lowest BCUT2D eigenvalue weighted by atomic mass is 10.2. The van der Waals surface area contributed by atoms with Crippen molar-refractivity contribution in [1.29, 1.82) is 0 Å². The van der Waals surface area contributed by atoms with Gasteiger partial charge in [-0.15, -0.1) is 0 Å². The summed E-state index contributed by atoms with van der Waals surface area (Å²) in [4.78, 5) is 16.0. The standard InChI is InChI=1S/C15H22BrN3O2/c1-15(2,3)21-14(20)19-6-4-18(5-7-19)13-9-11(16)8-12(17)10-13/h8-10H,4-7,17H2,1-3H3. The molecule has 116 valence electrons. The van der Waals surface area contributed by atoms with E-state index in [0.717, 1.165) is 28.9 Å². The predicted molar refractivity (Wildman–Crippen MR) is 88.6 cm³/mol. The molecule has 0 bridgehead atoms. The number of nitrogens with zero attached hydrogens (tertiary/aromatic N) is 2. The van der Waals surface area contributed by atoms with Crippen LogP contribution in [0.3, 0.4) is 0 Å². The molecule has 2 rings (SSSR count). The number of anilines is 2. The Kier molecular flexibility index (Phi) is 4.66. The molecule has 2 N–H and O–H groups in total. The molecular weight excluding hydrogens is 334 g/mol. The van der Waals surface area contributed by atoms with Gasteiger partial charge in [-0.3, -0.25) is 0 Å². The van der Waals surface area contributed by atoms with E-state index < -0.39 is 5.60 Å². The molecule has 0 aromatic heterocycles. The van der Waals surface area contributed by atoms with Crippen LogP contribution in [0.5, 0.6) is 0 Å². The third-order valence-corrected chi connectivity index (χ3v) is 3.66. The molecule has 1 aliphatic rings. The minimum Gasteiger partial charge on any atom is -0.444 e. The number of carbonyl (C=O) groups is 1. The molecule has 0 spiro atoms. The van der Waals surface area contributed by atoms with E-state index in [9.17, 15) is 4.79 Å². The fourth-order valence-electron chi connectivity index (χ4n) is 2.25. The maximum Gasteiger partial charge on any atom is 0.410 e. The van der Waals surface area contributed by atoms with Crippen LogP contribution in [-0.2, 0) is 4.74 Å². The number of benzene rings is 1. The van der Waals surface area contributed by atoms with Gasteiger partial charge >= 0.3 is 6.09 Å². The van der Waals surface area contributed by atoms with E-state index in [-0.39, 0.29) is 6.09 Å². The van der Waals surface area contributed by atoms with Gasteiger partial charge in [0.05, 0.1) is 0 Å². The Labute approximate surface area is 134 Å². The largest absolute Gasteiger partial charge is 0.444 e.